The lowest BCUT2D eigenvalue weighted by Gasteiger charge is -2.03. The molecule has 2 nitrogen and oxygen atoms in total. The minimum Gasteiger partial charge on any atom is -0.400 e. The molecule has 0 fully saturated rings. The molecule has 0 aliphatic heterocycles. The standard InChI is InChI=1S/C20H42O.CH4O/c1-2-3-4-5-6-7-8-9-10-11-12-13-14-15-16-17-18-19-20-21;1-2/h21H,2-20H2,1H3;2H,1H3. The van der Waals surface area contributed by atoms with Crippen LogP contribution in [-0.2, 0) is 0 Å². The predicted octanol–water partition coefficient (Wildman–Crippen LogP) is 6.63. The van der Waals surface area contributed by atoms with E-state index in [4.69, 9.17) is 10.2 Å². The highest BCUT2D eigenvalue weighted by molar-refractivity contribution is 4.50. The van der Waals surface area contributed by atoms with Gasteiger partial charge in [0, 0.05) is 13.7 Å². The monoisotopic (exact) mass is 330 g/mol. The topological polar surface area (TPSA) is 40.5 Å². The largest absolute Gasteiger partial charge is 0.400 e. The van der Waals surface area contributed by atoms with E-state index in [-0.39, 0.29) is 0 Å². The van der Waals surface area contributed by atoms with Crippen LogP contribution in [0.3, 0.4) is 0 Å². The smallest absolute Gasteiger partial charge is 0.0431 e. The second-order valence-corrected chi connectivity index (χ2v) is 6.73. The molecule has 0 aromatic carbocycles. The summed E-state index contributed by atoms with van der Waals surface area (Å²) in [6, 6.07) is 0. The van der Waals surface area contributed by atoms with Crippen LogP contribution < -0.4 is 0 Å². The van der Waals surface area contributed by atoms with Gasteiger partial charge in [-0.3, -0.25) is 0 Å². The van der Waals surface area contributed by atoms with Crippen LogP contribution in [0.1, 0.15) is 122 Å². The summed E-state index contributed by atoms with van der Waals surface area (Å²) in [7, 11) is 1.00. The van der Waals surface area contributed by atoms with E-state index in [1.807, 2.05) is 0 Å². The average molecular weight is 331 g/mol. The Morgan fingerprint density at radius 3 is 0.826 bits per heavy atom. The molecule has 142 valence electrons. The maximum Gasteiger partial charge on any atom is 0.0431 e. The first-order chi connectivity index (χ1) is 11.4. The van der Waals surface area contributed by atoms with E-state index < -0.39 is 0 Å². The first-order valence-corrected chi connectivity index (χ1v) is 10.5. The maximum absolute atomic E-state index is 8.69. The van der Waals surface area contributed by atoms with Gasteiger partial charge in [-0.1, -0.05) is 116 Å². The molecule has 2 heteroatoms. The van der Waals surface area contributed by atoms with Crippen molar-refractivity contribution < 1.29 is 10.2 Å². The van der Waals surface area contributed by atoms with Crippen LogP contribution in [0.15, 0.2) is 0 Å². The van der Waals surface area contributed by atoms with Crippen LogP contribution in [0.2, 0.25) is 0 Å². The van der Waals surface area contributed by atoms with E-state index in [0.29, 0.717) is 6.61 Å². The summed E-state index contributed by atoms with van der Waals surface area (Å²) in [6.07, 6.45) is 25.1. The second-order valence-electron chi connectivity index (χ2n) is 6.73. The Morgan fingerprint density at radius 2 is 0.609 bits per heavy atom. The van der Waals surface area contributed by atoms with Crippen LogP contribution in [0.5, 0.6) is 0 Å². The van der Waals surface area contributed by atoms with Crippen LogP contribution >= 0.6 is 0 Å². The van der Waals surface area contributed by atoms with Crippen molar-refractivity contribution in [3.05, 3.63) is 0 Å². The highest BCUT2D eigenvalue weighted by Gasteiger charge is 1.94. The molecule has 0 unspecified atom stereocenters. The number of rotatable bonds is 18. The van der Waals surface area contributed by atoms with Gasteiger partial charge in [0.05, 0.1) is 0 Å². The zero-order valence-corrected chi connectivity index (χ0v) is 16.3. The lowest BCUT2D eigenvalue weighted by Crippen LogP contribution is -1.85. The molecule has 0 aromatic heterocycles. The summed E-state index contributed by atoms with van der Waals surface area (Å²) >= 11 is 0. The zero-order valence-electron chi connectivity index (χ0n) is 16.3. The van der Waals surface area contributed by atoms with E-state index in [0.717, 1.165) is 13.5 Å². The molecule has 0 heterocycles. The van der Waals surface area contributed by atoms with Crippen LogP contribution in [0.25, 0.3) is 0 Å². The summed E-state index contributed by atoms with van der Waals surface area (Å²) in [5.74, 6) is 0. The molecule has 0 amide bonds. The average Bonchev–Trinajstić information content (AvgIpc) is 2.59. The molecule has 2 N–H and O–H groups in total. The molecular formula is C21H46O2. The normalized spacial score (nSPS) is 10.4. The molecule has 0 aliphatic rings. The van der Waals surface area contributed by atoms with Gasteiger partial charge in [-0.25, -0.2) is 0 Å². The van der Waals surface area contributed by atoms with Crippen molar-refractivity contribution in [2.75, 3.05) is 13.7 Å². The van der Waals surface area contributed by atoms with Crippen LogP contribution in [0.4, 0.5) is 0 Å². The highest BCUT2D eigenvalue weighted by atomic mass is 16.3. The molecule has 0 rings (SSSR count). The number of aliphatic hydroxyl groups excluding tert-OH is 2. The molecule has 0 bridgehead atoms. The first-order valence-electron chi connectivity index (χ1n) is 10.5. The zero-order chi connectivity index (χ0) is 17.4. The van der Waals surface area contributed by atoms with Crippen molar-refractivity contribution in [3.8, 4) is 0 Å². The van der Waals surface area contributed by atoms with Crippen LogP contribution in [0, 0.1) is 0 Å². The first kappa shape index (κ1) is 25.2. The fourth-order valence-electron chi connectivity index (χ4n) is 3.01. The number of aliphatic hydroxyl groups is 2. The van der Waals surface area contributed by atoms with Gasteiger partial charge in [0.25, 0.3) is 0 Å². The number of hydrogen-bond acceptors (Lipinski definition) is 2. The Bertz CT molecular complexity index is 153. The van der Waals surface area contributed by atoms with Crippen molar-refractivity contribution in [3.63, 3.8) is 0 Å². The van der Waals surface area contributed by atoms with Gasteiger partial charge in [-0.05, 0) is 6.42 Å². The lowest BCUT2D eigenvalue weighted by molar-refractivity contribution is 0.282. The van der Waals surface area contributed by atoms with Gasteiger partial charge in [-0.2, -0.15) is 0 Å². The summed E-state index contributed by atoms with van der Waals surface area (Å²) in [4.78, 5) is 0. The van der Waals surface area contributed by atoms with E-state index >= 15 is 0 Å². The molecule has 0 saturated heterocycles. The minimum atomic E-state index is 0.374. The Kier molecular flexibility index (Phi) is 29.3. The van der Waals surface area contributed by atoms with Gasteiger partial charge in [-0.15, -0.1) is 0 Å². The van der Waals surface area contributed by atoms with E-state index in [2.05, 4.69) is 6.92 Å². The van der Waals surface area contributed by atoms with Gasteiger partial charge in [0.2, 0.25) is 0 Å². The molecule has 0 aromatic rings. The molecule has 0 spiro atoms. The molecule has 0 atom stereocenters. The second kappa shape index (κ2) is 26.8. The van der Waals surface area contributed by atoms with Gasteiger partial charge >= 0.3 is 0 Å². The van der Waals surface area contributed by atoms with Crippen LogP contribution in [-0.4, -0.2) is 23.9 Å². The van der Waals surface area contributed by atoms with Crippen molar-refractivity contribution in [1.29, 1.82) is 0 Å². The molecule has 0 radical (unpaired) electrons. The third-order valence-electron chi connectivity index (χ3n) is 4.51. The van der Waals surface area contributed by atoms with Crippen molar-refractivity contribution in [2.24, 2.45) is 0 Å². The Morgan fingerprint density at radius 1 is 0.391 bits per heavy atom. The quantitative estimate of drug-likeness (QED) is 0.277. The predicted molar refractivity (Wildman–Crippen MR) is 104 cm³/mol. The summed E-state index contributed by atoms with van der Waals surface area (Å²) in [6.45, 7) is 2.66. The molecular weight excluding hydrogens is 284 g/mol. The van der Waals surface area contributed by atoms with Crippen molar-refractivity contribution >= 4 is 0 Å². The van der Waals surface area contributed by atoms with Gasteiger partial charge in [0.1, 0.15) is 0 Å². The summed E-state index contributed by atoms with van der Waals surface area (Å²) < 4.78 is 0. The highest BCUT2D eigenvalue weighted by Crippen LogP contribution is 2.14. The number of hydrogen-bond donors (Lipinski definition) is 2. The Balaban J connectivity index is 0. The van der Waals surface area contributed by atoms with E-state index in [1.54, 1.807) is 0 Å². The third kappa shape index (κ3) is 27.1. The molecule has 23 heavy (non-hydrogen) atoms. The maximum atomic E-state index is 8.69. The van der Waals surface area contributed by atoms with Gasteiger partial charge in [0.15, 0.2) is 0 Å². The molecule has 0 saturated carbocycles. The van der Waals surface area contributed by atoms with Crippen molar-refractivity contribution in [1.82, 2.24) is 0 Å². The van der Waals surface area contributed by atoms with Gasteiger partial charge < -0.3 is 10.2 Å². The number of unbranched alkanes of at least 4 members (excludes halogenated alkanes) is 17. The minimum absolute atomic E-state index is 0.374. The lowest BCUT2D eigenvalue weighted by atomic mass is 10.0. The summed E-state index contributed by atoms with van der Waals surface area (Å²) in [5, 5.41) is 15.7. The van der Waals surface area contributed by atoms with E-state index in [1.165, 1.54) is 109 Å². The summed E-state index contributed by atoms with van der Waals surface area (Å²) in [5.41, 5.74) is 0. The fraction of sp³-hybridized carbons (Fsp3) is 1.00. The van der Waals surface area contributed by atoms with E-state index in [9.17, 15) is 0 Å². The van der Waals surface area contributed by atoms with Crippen molar-refractivity contribution in [2.45, 2.75) is 122 Å². The SMILES string of the molecule is CCCCCCCCCCCCCCCCCCCCO.CO. The Labute approximate surface area is 147 Å². The molecule has 0 aliphatic carbocycles. The Hall–Kier alpha value is -0.0800. The fourth-order valence-corrected chi connectivity index (χ4v) is 3.01. The third-order valence-corrected chi connectivity index (χ3v) is 4.51.